The van der Waals surface area contributed by atoms with Crippen molar-refractivity contribution in [2.45, 2.75) is 31.5 Å². The number of halogens is 2. The molecular weight excluding hydrogens is 442 g/mol. The van der Waals surface area contributed by atoms with Gasteiger partial charge in [-0.2, -0.15) is 8.78 Å². The van der Waals surface area contributed by atoms with Gasteiger partial charge in [0.1, 0.15) is 12.6 Å². The van der Waals surface area contributed by atoms with E-state index in [0.717, 1.165) is 0 Å². The first-order valence-corrected chi connectivity index (χ1v) is 10.6. The molecule has 34 heavy (non-hydrogen) atoms. The first-order chi connectivity index (χ1) is 16.4. The standard InChI is InChI=1S/C26H24F2N2O4/c27-26(28,24(32)29-17-20-12-6-2-7-13-20)23(31)22(16-19-10-4-1-5-11-19)30-25(33)34-18-21-14-8-3-9-15-21/h1-15,22H,16-18H2,(H,29,32)(H,30,33)/t22-/m0/s1. The van der Waals surface area contributed by atoms with Crippen LogP contribution < -0.4 is 10.6 Å². The largest absolute Gasteiger partial charge is 0.445 e. The number of benzene rings is 3. The lowest BCUT2D eigenvalue weighted by Gasteiger charge is -2.22. The summed E-state index contributed by atoms with van der Waals surface area (Å²) in [6, 6.07) is 23.9. The number of carbonyl (C=O) groups is 3. The quantitative estimate of drug-likeness (QED) is 0.442. The number of hydrogen-bond acceptors (Lipinski definition) is 4. The average molecular weight is 466 g/mol. The second kappa shape index (κ2) is 11.7. The fourth-order valence-corrected chi connectivity index (χ4v) is 3.19. The molecule has 0 unspecified atom stereocenters. The van der Waals surface area contributed by atoms with Crippen molar-refractivity contribution in [1.29, 1.82) is 0 Å². The Labute approximate surface area is 195 Å². The highest BCUT2D eigenvalue weighted by Crippen LogP contribution is 2.20. The first kappa shape index (κ1) is 24.6. The monoisotopic (exact) mass is 466 g/mol. The molecule has 6 nitrogen and oxygen atoms in total. The maximum Gasteiger partial charge on any atom is 0.408 e. The van der Waals surface area contributed by atoms with Crippen LogP contribution in [-0.4, -0.2) is 29.7 Å². The predicted molar refractivity (Wildman–Crippen MR) is 122 cm³/mol. The molecule has 0 aliphatic heterocycles. The van der Waals surface area contributed by atoms with Gasteiger partial charge in [-0.25, -0.2) is 4.79 Å². The number of alkyl carbamates (subject to hydrolysis) is 1. The molecule has 0 saturated carbocycles. The van der Waals surface area contributed by atoms with Crippen LogP contribution in [0.1, 0.15) is 16.7 Å². The predicted octanol–water partition coefficient (Wildman–Crippen LogP) is 4.04. The summed E-state index contributed by atoms with van der Waals surface area (Å²) < 4.78 is 34.7. The van der Waals surface area contributed by atoms with Gasteiger partial charge >= 0.3 is 12.0 Å². The molecule has 0 fully saturated rings. The van der Waals surface area contributed by atoms with Gasteiger partial charge in [0.05, 0.1) is 0 Å². The zero-order valence-electron chi connectivity index (χ0n) is 18.2. The van der Waals surface area contributed by atoms with Gasteiger partial charge in [0.2, 0.25) is 5.78 Å². The summed E-state index contributed by atoms with van der Waals surface area (Å²) in [7, 11) is 0. The zero-order chi connectivity index (χ0) is 24.4. The van der Waals surface area contributed by atoms with E-state index in [0.29, 0.717) is 16.7 Å². The third-order valence-corrected chi connectivity index (χ3v) is 4.99. The summed E-state index contributed by atoms with van der Waals surface area (Å²) in [6.45, 7) is -0.273. The van der Waals surface area contributed by atoms with Crippen LogP contribution in [0.15, 0.2) is 91.0 Å². The molecule has 1 atom stereocenters. The molecule has 0 saturated heterocycles. The van der Waals surface area contributed by atoms with Crippen LogP contribution in [0, 0.1) is 0 Å². The molecule has 2 amide bonds. The number of rotatable bonds is 10. The van der Waals surface area contributed by atoms with Crippen LogP contribution in [0.2, 0.25) is 0 Å². The Kier molecular flexibility index (Phi) is 8.45. The number of ketones is 1. The summed E-state index contributed by atoms with van der Waals surface area (Å²) >= 11 is 0. The molecule has 3 rings (SSSR count). The Morgan fingerprint density at radius 1 is 0.765 bits per heavy atom. The minimum Gasteiger partial charge on any atom is -0.445 e. The fraction of sp³-hybridized carbons (Fsp3) is 0.192. The van der Waals surface area contributed by atoms with Crippen molar-refractivity contribution in [2.75, 3.05) is 0 Å². The van der Waals surface area contributed by atoms with E-state index in [9.17, 15) is 23.2 Å². The molecular formula is C26H24F2N2O4. The minimum absolute atomic E-state index is 0.104. The molecule has 2 N–H and O–H groups in total. The van der Waals surface area contributed by atoms with Gasteiger partial charge in [-0.1, -0.05) is 91.0 Å². The van der Waals surface area contributed by atoms with Crippen LogP contribution >= 0.6 is 0 Å². The van der Waals surface area contributed by atoms with Crippen LogP contribution in [0.3, 0.4) is 0 Å². The Balaban J connectivity index is 1.69. The van der Waals surface area contributed by atoms with Crippen LogP contribution in [0.5, 0.6) is 0 Å². The molecule has 0 spiro atoms. The Morgan fingerprint density at radius 3 is 1.82 bits per heavy atom. The summed E-state index contributed by atoms with van der Waals surface area (Å²) in [5, 5.41) is 4.28. The number of carbonyl (C=O) groups excluding carboxylic acids is 3. The molecule has 0 bridgehead atoms. The molecule has 0 aliphatic rings. The zero-order valence-corrected chi connectivity index (χ0v) is 18.2. The van der Waals surface area contributed by atoms with Crippen molar-refractivity contribution in [1.82, 2.24) is 10.6 Å². The van der Waals surface area contributed by atoms with E-state index in [2.05, 4.69) is 10.6 Å². The lowest BCUT2D eigenvalue weighted by atomic mass is 9.98. The van der Waals surface area contributed by atoms with E-state index in [1.54, 1.807) is 91.0 Å². The van der Waals surface area contributed by atoms with Crippen molar-refractivity contribution >= 4 is 17.8 Å². The second-order valence-corrected chi connectivity index (χ2v) is 7.56. The van der Waals surface area contributed by atoms with Crippen molar-refractivity contribution in [3.63, 3.8) is 0 Å². The lowest BCUT2D eigenvalue weighted by Crippen LogP contribution is -2.55. The highest BCUT2D eigenvalue weighted by molar-refractivity contribution is 6.10. The Bertz CT molecular complexity index is 1090. The van der Waals surface area contributed by atoms with Gasteiger partial charge in [0.15, 0.2) is 0 Å². The van der Waals surface area contributed by atoms with E-state index in [1.807, 2.05) is 0 Å². The first-order valence-electron chi connectivity index (χ1n) is 10.6. The van der Waals surface area contributed by atoms with E-state index in [4.69, 9.17) is 4.74 Å². The number of ether oxygens (including phenoxy) is 1. The number of amides is 2. The molecule has 0 aliphatic carbocycles. The number of alkyl halides is 2. The average Bonchev–Trinajstić information content (AvgIpc) is 2.87. The molecule has 8 heteroatoms. The van der Waals surface area contributed by atoms with Crippen LogP contribution in [0.25, 0.3) is 0 Å². The highest BCUT2D eigenvalue weighted by Gasteiger charge is 2.50. The highest BCUT2D eigenvalue weighted by atomic mass is 19.3. The second-order valence-electron chi connectivity index (χ2n) is 7.56. The van der Waals surface area contributed by atoms with Gasteiger partial charge in [-0.05, 0) is 16.7 Å². The van der Waals surface area contributed by atoms with Crippen molar-refractivity contribution in [3.8, 4) is 0 Å². The molecule has 0 radical (unpaired) electrons. The molecule has 3 aromatic rings. The van der Waals surface area contributed by atoms with Crippen molar-refractivity contribution in [3.05, 3.63) is 108 Å². The topological polar surface area (TPSA) is 84.5 Å². The minimum atomic E-state index is -4.36. The molecule has 176 valence electrons. The van der Waals surface area contributed by atoms with Gasteiger partial charge < -0.3 is 15.4 Å². The maximum absolute atomic E-state index is 14.8. The van der Waals surface area contributed by atoms with E-state index in [-0.39, 0.29) is 19.6 Å². The SMILES string of the molecule is O=C(N[C@@H](Cc1ccccc1)C(=O)C(F)(F)C(=O)NCc1ccccc1)OCc1ccccc1. The van der Waals surface area contributed by atoms with Crippen molar-refractivity contribution < 1.29 is 27.9 Å². The van der Waals surface area contributed by atoms with Crippen LogP contribution in [-0.2, 0) is 33.9 Å². The molecule has 0 aromatic heterocycles. The van der Waals surface area contributed by atoms with E-state index < -0.39 is 29.7 Å². The summed E-state index contributed by atoms with van der Waals surface area (Å²) in [4.78, 5) is 37.3. The van der Waals surface area contributed by atoms with Gasteiger partial charge in [0.25, 0.3) is 5.91 Å². The third kappa shape index (κ3) is 6.96. The smallest absolute Gasteiger partial charge is 0.408 e. The summed E-state index contributed by atoms with van der Waals surface area (Å²) in [6.07, 6.45) is -1.28. The number of Topliss-reactive ketones (excluding diaryl/α,β-unsaturated/α-hetero) is 1. The van der Waals surface area contributed by atoms with Gasteiger partial charge in [-0.15, -0.1) is 0 Å². The third-order valence-electron chi connectivity index (χ3n) is 4.99. The van der Waals surface area contributed by atoms with Crippen molar-refractivity contribution in [2.24, 2.45) is 0 Å². The summed E-state index contributed by atoms with van der Waals surface area (Å²) in [5.74, 6) is -7.82. The normalized spacial score (nSPS) is 11.8. The summed E-state index contributed by atoms with van der Waals surface area (Å²) in [5.41, 5.74) is 1.82. The van der Waals surface area contributed by atoms with E-state index >= 15 is 0 Å². The molecule has 3 aromatic carbocycles. The van der Waals surface area contributed by atoms with Gasteiger partial charge in [0, 0.05) is 13.0 Å². The van der Waals surface area contributed by atoms with Gasteiger partial charge in [-0.3, -0.25) is 9.59 Å². The maximum atomic E-state index is 14.8. The number of nitrogens with one attached hydrogen (secondary N) is 2. The van der Waals surface area contributed by atoms with E-state index in [1.165, 1.54) is 0 Å². The lowest BCUT2D eigenvalue weighted by molar-refractivity contribution is -0.159. The Morgan fingerprint density at radius 2 is 1.26 bits per heavy atom. The number of hydrogen-bond donors (Lipinski definition) is 2. The fourth-order valence-electron chi connectivity index (χ4n) is 3.19. The van der Waals surface area contributed by atoms with Crippen LogP contribution in [0.4, 0.5) is 13.6 Å². The molecule has 0 heterocycles. The Hall–Kier alpha value is -4.07.